The number of hydrogen-bond donors (Lipinski definition) is 3. The van der Waals surface area contributed by atoms with Gasteiger partial charge in [0.05, 0.1) is 396 Å². The Balaban J connectivity index is 1.09. The van der Waals surface area contributed by atoms with Gasteiger partial charge in [-0.2, -0.15) is 0 Å². The normalized spacial score (nSPS) is 11.6. The van der Waals surface area contributed by atoms with Crippen molar-refractivity contribution in [3.63, 3.8) is 0 Å². The Labute approximate surface area is 722 Å². The number of carbonyl (C=O) groups excluding carboxylic acids is 2. The highest BCUT2D eigenvalue weighted by Crippen LogP contribution is 2.18. The first-order valence-electron chi connectivity index (χ1n) is 43.0. The summed E-state index contributed by atoms with van der Waals surface area (Å²) in [6.07, 6.45) is 2.13. The fourth-order valence-corrected chi connectivity index (χ4v) is 9.13. The van der Waals surface area contributed by atoms with Gasteiger partial charge in [0.15, 0.2) is 5.82 Å². The number of rotatable bonds is 105. The van der Waals surface area contributed by atoms with Crippen LogP contribution in [0.5, 0.6) is 5.75 Å². The summed E-state index contributed by atoms with van der Waals surface area (Å²) in [5.41, 5.74) is 6.22. The molecule has 2 aromatic rings. The molecule has 0 aliphatic carbocycles. The van der Waals surface area contributed by atoms with Crippen molar-refractivity contribution in [3.05, 3.63) is 30.1 Å². The van der Waals surface area contributed by atoms with Gasteiger partial charge in [-0.25, -0.2) is 0 Å². The lowest BCUT2D eigenvalue weighted by Crippen LogP contribution is -2.28. The Hall–Kier alpha value is -4.38. The van der Waals surface area contributed by atoms with Crippen molar-refractivity contribution in [2.75, 3.05) is 436 Å². The van der Waals surface area contributed by atoms with Crippen LogP contribution in [-0.4, -0.2) is 468 Å². The van der Waals surface area contributed by atoms with Crippen molar-refractivity contribution >= 4 is 11.8 Å². The summed E-state index contributed by atoms with van der Waals surface area (Å²) in [5, 5.41) is 21.6. The standard InChI is InChI=1S/C81H151N7O34/c1-76-85-87-81(88-86-76)77-4-6-78(7-5-77)122-75-74-121-73-72-120-32-29-98-26-21-94-16-9-80(90)84-12-17-95-22-27-99-30-33-101-35-37-103-39-41-105-43-45-107-47-49-109-51-53-111-55-57-113-59-61-115-63-65-117-67-69-119-71-70-118-68-66-116-64-62-114-60-58-112-56-54-110-52-50-108-48-46-106-44-42-104-40-38-102-36-34-100-31-28-97-25-20-93-15-8-79(89)83-11-3-14-92-19-24-96-23-18-91-13-2-10-82/h4-7H,2-3,8-75,82H2,1H3,(H,83,89)(H,84,90). The Morgan fingerprint density at radius 2 is 0.418 bits per heavy atom. The van der Waals surface area contributed by atoms with E-state index in [-0.39, 0.29) is 18.2 Å². The van der Waals surface area contributed by atoms with Crippen LogP contribution in [0.25, 0.3) is 11.4 Å². The van der Waals surface area contributed by atoms with Gasteiger partial charge in [0.25, 0.3) is 0 Å². The smallest absolute Gasteiger partial charge is 0.222 e. The molecule has 1 aromatic heterocycles. The number of aromatic nitrogens is 4. The summed E-state index contributed by atoms with van der Waals surface area (Å²) >= 11 is 0. The molecule has 0 saturated heterocycles. The van der Waals surface area contributed by atoms with E-state index >= 15 is 0 Å². The first-order chi connectivity index (χ1) is 60.6. The zero-order valence-electron chi connectivity index (χ0n) is 73.1. The molecular formula is C81H151N7O34. The monoisotopic (exact) mass is 1770 g/mol. The number of nitrogens with two attached hydrogens (primary N) is 1. The van der Waals surface area contributed by atoms with E-state index in [4.69, 9.17) is 157 Å². The summed E-state index contributed by atoms with van der Waals surface area (Å²) in [6.45, 7) is 32.3. The fraction of sp³-hybridized carbons (Fsp3) is 0.877. The van der Waals surface area contributed by atoms with Gasteiger partial charge >= 0.3 is 0 Å². The highest BCUT2D eigenvalue weighted by atomic mass is 16.6. The SMILES string of the molecule is Cc1nnc(-c2ccc(OCCOCCOCCOCCOCCC(=O)NCCOCCOCCOCCOCCOCCOCCOCCOCCOCCOCCOCCOCCOCCOCCOCCOCCOCCOCCOCCOCCOCCOCCOCCOCCC(=O)NCCCOCCOCCOCCCN)cc2)nn1. The molecule has 0 radical (unpaired) electrons. The van der Waals surface area contributed by atoms with Gasteiger partial charge in [0.1, 0.15) is 12.4 Å². The molecule has 0 fully saturated rings. The van der Waals surface area contributed by atoms with Crippen molar-refractivity contribution in [2.45, 2.75) is 32.6 Å². The van der Waals surface area contributed by atoms with Crippen LogP contribution in [0, 0.1) is 6.92 Å². The molecule has 2 rings (SSSR count). The van der Waals surface area contributed by atoms with Crippen molar-refractivity contribution < 1.29 is 161 Å². The Bertz CT molecular complexity index is 2390. The van der Waals surface area contributed by atoms with Gasteiger partial charge in [-0.05, 0) is 50.6 Å². The van der Waals surface area contributed by atoms with E-state index in [1.54, 1.807) is 6.92 Å². The molecule has 0 spiro atoms. The molecule has 0 atom stereocenters. The van der Waals surface area contributed by atoms with Crippen molar-refractivity contribution in [1.29, 1.82) is 0 Å². The number of aryl methyl sites for hydroxylation is 1. The third-order valence-corrected chi connectivity index (χ3v) is 15.4. The molecule has 4 N–H and O–H groups in total. The van der Waals surface area contributed by atoms with Crippen LogP contribution in [-0.2, 0) is 156 Å². The maximum Gasteiger partial charge on any atom is 0.222 e. The number of nitrogens with zero attached hydrogens (tertiary/aromatic N) is 4. The Morgan fingerprint density at radius 3 is 0.648 bits per heavy atom. The summed E-state index contributed by atoms with van der Waals surface area (Å²) in [4.78, 5) is 24.0. The van der Waals surface area contributed by atoms with Gasteiger partial charge in [-0.3, -0.25) is 9.59 Å². The quantitative estimate of drug-likeness (QED) is 0.0774. The molecule has 0 unspecified atom stereocenters. The molecule has 0 bridgehead atoms. The highest BCUT2D eigenvalue weighted by Gasteiger charge is 2.08. The van der Waals surface area contributed by atoms with Gasteiger partial charge in [-0.1, -0.05) is 0 Å². The minimum atomic E-state index is -0.108. The minimum Gasteiger partial charge on any atom is -0.491 e. The van der Waals surface area contributed by atoms with E-state index in [0.29, 0.717) is 460 Å². The summed E-state index contributed by atoms with van der Waals surface area (Å²) in [5.74, 6) is 1.53. The van der Waals surface area contributed by atoms with Crippen LogP contribution >= 0.6 is 0 Å². The minimum absolute atomic E-state index is 0.0552. The van der Waals surface area contributed by atoms with Crippen LogP contribution in [0.15, 0.2) is 24.3 Å². The first-order valence-corrected chi connectivity index (χ1v) is 43.0. The third kappa shape index (κ3) is 89.0. The fourth-order valence-electron chi connectivity index (χ4n) is 9.13. The highest BCUT2D eigenvalue weighted by molar-refractivity contribution is 5.76. The average molecular weight is 1770 g/mol. The van der Waals surface area contributed by atoms with E-state index in [2.05, 4.69) is 31.0 Å². The summed E-state index contributed by atoms with van der Waals surface area (Å²) < 4.78 is 177. The van der Waals surface area contributed by atoms with Gasteiger partial charge < -0.3 is 168 Å². The molecule has 714 valence electrons. The van der Waals surface area contributed by atoms with Crippen LogP contribution < -0.4 is 21.1 Å². The van der Waals surface area contributed by atoms with Gasteiger partial charge in [0.2, 0.25) is 17.6 Å². The Kier molecular flexibility index (Phi) is 92.1. The van der Waals surface area contributed by atoms with Crippen molar-refractivity contribution in [1.82, 2.24) is 31.0 Å². The van der Waals surface area contributed by atoms with Crippen LogP contribution in [0.4, 0.5) is 0 Å². The average Bonchev–Trinajstić information content (AvgIpc) is 0.859. The number of ether oxygens (including phenoxy) is 32. The predicted molar refractivity (Wildman–Crippen MR) is 442 cm³/mol. The molecule has 122 heavy (non-hydrogen) atoms. The van der Waals surface area contributed by atoms with E-state index in [1.165, 1.54) is 0 Å². The number of hydrogen-bond acceptors (Lipinski definition) is 39. The Morgan fingerprint density at radius 1 is 0.230 bits per heavy atom. The van der Waals surface area contributed by atoms with E-state index in [9.17, 15) is 9.59 Å². The zero-order chi connectivity index (χ0) is 86.7. The summed E-state index contributed by atoms with van der Waals surface area (Å²) in [6, 6.07) is 7.38. The second-order valence-corrected chi connectivity index (χ2v) is 25.3. The lowest BCUT2D eigenvalue weighted by Gasteiger charge is -2.09. The topological polar surface area (TPSA) is 431 Å². The maximum absolute atomic E-state index is 12.0. The number of benzene rings is 1. The van der Waals surface area contributed by atoms with E-state index in [0.717, 1.165) is 18.4 Å². The molecule has 2 amide bonds. The lowest BCUT2D eigenvalue weighted by molar-refractivity contribution is -0.123. The second kappa shape index (κ2) is 98.8. The van der Waals surface area contributed by atoms with Gasteiger partial charge in [0, 0.05) is 44.7 Å². The molecule has 0 aliphatic heterocycles. The van der Waals surface area contributed by atoms with Gasteiger partial charge in [-0.15, -0.1) is 20.4 Å². The summed E-state index contributed by atoms with van der Waals surface area (Å²) in [7, 11) is 0. The van der Waals surface area contributed by atoms with Crippen LogP contribution in [0.1, 0.15) is 31.5 Å². The van der Waals surface area contributed by atoms with Crippen LogP contribution in [0.3, 0.4) is 0 Å². The molecule has 0 saturated carbocycles. The first kappa shape index (κ1) is 114. The number of carbonyl (C=O) groups is 2. The number of amides is 2. The zero-order valence-corrected chi connectivity index (χ0v) is 73.1. The largest absolute Gasteiger partial charge is 0.491 e. The molecule has 41 nitrogen and oxygen atoms in total. The molecule has 1 aromatic carbocycles. The third-order valence-electron chi connectivity index (χ3n) is 15.4. The number of nitrogens with one attached hydrogen (secondary N) is 2. The van der Waals surface area contributed by atoms with Crippen molar-refractivity contribution in [2.24, 2.45) is 5.73 Å². The second-order valence-electron chi connectivity index (χ2n) is 25.3. The van der Waals surface area contributed by atoms with Crippen LogP contribution in [0.2, 0.25) is 0 Å². The molecule has 0 aliphatic rings. The predicted octanol–water partition coefficient (Wildman–Crippen LogP) is 0.887. The molecule has 41 heteroatoms. The molecule has 1 heterocycles. The van der Waals surface area contributed by atoms with Crippen molar-refractivity contribution in [3.8, 4) is 17.1 Å². The lowest BCUT2D eigenvalue weighted by atomic mass is 10.2. The van der Waals surface area contributed by atoms with E-state index < -0.39 is 0 Å². The maximum atomic E-state index is 12.0. The van der Waals surface area contributed by atoms with E-state index in [1.807, 2.05) is 24.3 Å². The molecular weight excluding hydrogens is 1610 g/mol.